The van der Waals surface area contributed by atoms with Crippen molar-refractivity contribution in [3.63, 3.8) is 0 Å². The minimum atomic E-state index is -0.654. The molecule has 5 nitrogen and oxygen atoms in total. The summed E-state index contributed by atoms with van der Waals surface area (Å²) in [7, 11) is 0. The Morgan fingerprint density at radius 2 is 2.05 bits per heavy atom. The second-order valence-electron chi connectivity index (χ2n) is 3.58. The Hall–Kier alpha value is -2.16. The zero-order chi connectivity index (χ0) is 14.0. The number of nitrogens with zero attached hydrogens (tertiary/aromatic N) is 3. The molecule has 2 aromatic rings. The van der Waals surface area contributed by atoms with Crippen LogP contribution in [-0.4, -0.2) is 9.91 Å². The monoisotopic (exact) mass is 293 g/mol. The molecule has 94 valence electrons. The molecule has 0 spiro atoms. The highest BCUT2D eigenvalue weighted by Gasteiger charge is 2.17. The van der Waals surface area contributed by atoms with Crippen molar-refractivity contribution < 1.29 is 4.92 Å². The van der Waals surface area contributed by atoms with Crippen molar-refractivity contribution in [2.75, 3.05) is 0 Å². The van der Waals surface area contributed by atoms with E-state index in [4.69, 9.17) is 28.5 Å². The number of nitriles is 1. The summed E-state index contributed by atoms with van der Waals surface area (Å²) in [6.45, 7) is 0. The van der Waals surface area contributed by atoms with Crippen molar-refractivity contribution in [1.29, 1.82) is 5.26 Å². The molecule has 2 rings (SSSR count). The number of rotatable bonds is 2. The Bertz CT molecular complexity index is 711. The van der Waals surface area contributed by atoms with Crippen molar-refractivity contribution in [2.24, 2.45) is 0 Å². The molecule has 0 amide bonds. The quantitative estimate of drug-likeness (QED) is 0.622. The van der Waals surface area contributed by atoms with Crippen LogP contribution in [0.4, 0.5) is 5.69 Å². The Kier molecular flexibility index (Phi) is 3.65. The maximum atomic E-state index is 10.9. The topological polar surface area (TPSA) is 79.8 Å². The van der Waals surface area contributed by atoms with Gasteiger partial charge in [0, 0.05) is 33.4 Å². The molecule has 0 fully saturated rings. The number of aromatic nitrogens is 1. The van der Waals surface area contributed by atoms with Crippen LogP contribution in [0.3, 0.4) is 0 Å². The van der Waals surface area contributed by atoms with Crippen LogP contribution in [0.25, 0.3) is 11.1 Å². The van der Waals surface area contributed by atoms with Gasteiger partial charge in [-0.05, 0) is 12.1 Å². The summed E-state index contributed by atoms with van der Waals surface area (Å²) in [6.07, 6.45) is 1.36. The number of hydrogen-bond acceptors (Lipinski definition) is 4. The van der Waals surface area contributed by atoms with Crippen molar-refractivity contribution in [3.05, 3.63) is 56.3 Å². The van der Waals surface area contributed by atoms with E-state index in [0.29, 0.717) is 21.2 Å². The van der Waals surface area contributed by atoms with Crippen molar-refractivity contribution in [3.8, 4) is 17.2 Å². The van der Waals surface area contributed by atoms with E-state index in [1.165, 1.54) is 18.3 Å². The number of pyridine rings is 1. The van der Waals surface area contributed by atoms with Crippen molar-refractivity contribution in [1.82, 2.24) is 4.98 Å². The molecule has 0 atom stereocenters. The molecule has 0 saturated heterocycles. The molecule has 1 aromatic heterocycles. The van der Waals surface area contributed by atoms with E-state index < -0.39 is 4.92 Å². The summed E-state index contributed by atoms with van der Waals surface area (Å²) in [5, 5.41) is 20.4. The van der Waals surface area contributed by atoms with Crippen LogP contribution in [0.5, 0.6) is 0 Å². The largest absolute Gasteiger partial charge is 0.306 e. The fourth-order valence-corrected chi connectivity index (χ4v) is 2.07. The van der Waals surface area contributed by atoms with Gasteiger partial charge >= 0.3 is 5.69 Å². The van der Waals surface area contributed by atoms with Crippen LogP contribution in [0.1, 0.15) is 5.69 Å². The van der Waals surface area contributed by atoms with Gasteiger partial charge < -0.3 is 0 Å². The van der Waals surface area contributed by atoms with Gasteiger partial charge in [-0.3, -0.25) is 10.1 Å². The fraction of sp³-hybridized carbons (Fsp3) is 0. The van der Waals surface area contributed by atoms with Crippen molar-refractivity contribution in [2.45, 2.75) is 0 Å². The average molecular weight is 294 g/mol. The normalized spacial score (nSPS) is 9.95. The summed E-state index contributed by atoms with van der Waals surface area (Å²) in [5.41, 5.74) is 0.420. The maximum Gasteiger partial charge on any atom is 0.306 e. The zero-order valence-corrected chi connectivity index (χ0v) is 10.8. The molecule has 0 unspecified atom stereocenters. The smallest absolute Gasteiger partial charge is 0.258 e. The molecule has 0 aliphatic carbocycles. The van der Waals surface area contributed by atoms with E-state index in [1.54, 1.807) is 18.2 Å². The number of benzene rings is 1. The van der Waals surface area contributed by atoms with E-state index in [9.17, 15) is 10.1 Å². The molecule has 0 radical (unpaired) electrons. The summed E-state index contributed by atoms with van der Waals surface area (Å²) < 4.78 is 0. The molecule has 1 aromatic carbocycles. The average Bonchev–Trinajstić information content (AvgIpc) is 2.38. The van der Waals surface area contributed by atoms with Gasteiger partial charge in [-0.2, -0.15) is 5.26 Å². The molecule has 1 heterocycles. The third kappa shape index (κ3) is 2.65. The molecule has 0 N–H and O–H groups in total. The number of hydrogen-bond donors (Lipinski definition) is 0. The van der Waals surface area contributed by atoms with E-state index in [-0.39, 0.29) is 11.4 Å². The molecule has 19 heavy (non-hydrogen) atoms. The Morgan fingerprint density at radius 3 is 2.63 bits per heavy atom. The summed E-state index contributed by atoms with van der Waals surface area (Å²) in [6, 6.07) is 7.72. The van der Waals surface area contributed by atoms with E-state index in [0.717, 1.165) is 0 Å². The minimum Gasteiger partial charge on any atom is -0.258 e. The van der Waals surface area contributed by atoms with Gasteiger partial charge in [0.25, 0.3) is 0 Å². The van der Waals surface area contributed by atoms with Crippen LogP contribution in [-0.2, 0) is 0 Å². The first-order valence-electron chi connectivity index (χ1n) is 5.03. The second-order valence-corrected chi connectivity index (χ2v) is 4.43. The van der Waals surface area contributed by atoms with E-state index in [2.05, 4.69) is 4.98 Å². The van der Waals surface area contributed by atoms with Crippen LogP contribution in [0.15, 0.2) is 30.5 Å². The number of halogens is 2. The van der Waals surface area contributed by atoms with Crippen LogP contribution >= 0.6 is 23.2 Å². The first-order chi connectivity index (χ1) is 9.02. The highest BCUT2D eigenvalue weighted by molar-refractivity contribution is 6.36. The van der Waals surface area contributed by atoms with Crippen LogP contribution in [0.2, 0.25) is 10.0 Å². The van der Waals surface area contributed by atoms with Gasteiger partial charge in [0.1, 0.15) is 6.07 Å². The molecule has 7 heteroatoms. The molecular weight excluding hydrogens is 289 g/mol. The lowest BCUT2D eigenvalue weighted by Crippen LogP contribution is -1.96. The van der Waals surface area contributed by atoms with Gasteiger partial charge in [0.2, 0.25) is 5.69 Å². The molecule has 0 aliphatic rings. The second kappa shape index (κ2) is 5.22. The van der Waals surface area contributed by atoms with Gasteiger partial charge in [0.15, 0.2) is 0 Å². The Labute approximate surface area is 118 Å². The van der Waals surface area contributed by atoms with Gasteiger partial charge in [-0.1, -0.05) is 29.3 Å². The SMILES string of the molecule is N#Cc1ncc(-c2ccc(Cl)cc2Cl)cc1[N+](=O)[O-]. The first-order valence-corrected chi connectivity index (χ1v) is 5.78. The lowest BCUT2D eigenvalue weighted by atomic mass is 10.1. The standard InChI is InChI=1S/C12H5Cl2N3O2/c13-8-1-2-9(10(14)4-8)7-3-12(17(18)19)11(5-15)16-6-7/h1-4,6H. The predicted octanol–water partition coefficient (Wildman–Crippen LogP) is 3.84. The van der Waals surface area contributed by atoms with Gasteiger partial charge in [-0.15, -0.1) is 0 Å². The molecular formula is C12H5Cl2N3O2. The van der Waals surface area contributed by atoms with Crippen molar-refractivity contribution >= 4 is 28.9 Å². The maximum absolute atomic E-state index is 10.9. The Balaban J connectivity index is 2.61. The third-order valence-electron chi connectivity index (χ3n) is 2.41. The van der Waals surface area contributed by atoms with Gasteiger partial charge in [0.05, 0.1) is 4.92 Å². The predicted molar refractivity (Wildman–Crippen MR) is 71.1 cm³/mol. The Morgan fingerprint density at radius 1 is 1.32 bits per heavy atom. The summed E-state index contributed by atoms with van der Waals surface area (Å²) in [5.74, 6) is 0. The van der Waals surface area contributed by atoms with E-state index >= 15 is 0 Å². The lowest BCUT2D eigenvalue weighted by Gasteiger charge is -2.05. The molecule has 0 bridgehead atoms. The molecule has 0 aliphatic heterocycles. The van der Waals surface area contributed by atoms with Crippen LogP contribution in [0, 0.1) is 21.4 Å². The highest BCUT2D eigenvalue weighted by atomic mass is 35.5. The number of nitro groups is 1. The first kappa shape index (κ1) is 13.3. The van der Waals surface area contributed by atoms with Crippen LogP contribution < -0.4 is 0 Å². The van der Waals surface area contributed by atoms with E-state index in [1.807, 2.05) is 0 Å². The summed E-state index contributed by atoms with van der Waals surface area (Å²) >= 11 is 11.8. The highest BCUT2D eigenvalue weighted by Crippen LogP contribution is 2.32. The minimum absolute atomic E-state index is 0.237. The molecule has 0 saturated carbocycles. The third-order valence-corrected chi connectivity index (χ3v) is 2.96. The lowest BCUT2D eigenvalue weighted by molar-refractivity contribution is -0.385. The fourth-order valence-electron chi connectivity index (χ4n) is 1.55. The van der Waals surface area contributed by atoms with Gasteiger partial charge in [-0.25, -0.2) is 4.98 Å². The summed E-state index contributed by atoms with van der Waals surface area (Å²) in [4.78, 5) is 14.0. The zero-order valence-electron chi connectivity index (χ0n) is 9.30.